The van der Waals surface area contributed by atoms with Crippen LogP contribution in [0, 0.1) is 0 Å². The number of aromatic nitrogens is 4. The molecule has 1 aliphatic rings. The molecule has 0 saturated heterocycles. The van der Waals surface area contributed by atoms with Crippen LogP contribution in [0.2, 0.25) is 0 Å². The van der Waals surface area contributed by atoms with Crippen molar-refractivity contribution in [1.29, 1.82) is 0 Å². The molecule has 2 aromatic heterocycles. The average Bonchev–Trinajstić information content (AvgIpc) is 3.19. The predicted octanol–water partition coefficient (Wildman–Crippen LogP) is 5.42. The molecule has 0 atom stereocenters. The molecule has 34 heavy (non-hydrogen) atoms. The lowest BCUT2D eigenvalue weighted by Crippen LogP contribution is -2.31. The van der Waals surface area contributed by atoms with E-state index in [0.717, 1.165) is 28.2 Å². The third-order valence-corrected chi connectivity index (χ3v) is 7.27. The van der Waals surface area contributed by atoms with E-state index < -0.39 is 0 Å². The molecule has 0 bridgehead atoms. The quantitative estimate of drug-likeness (QED) is 0.340. The van der Waals surface area contributed by atoms with Gasteiger partial charge >= 0.3 is 5.65 Å². The molecule has 0 amide bonds. The van der Waals surface area contributed by atoms with Gasteiger partial charge in [0.1, 0.15) is 5.52 Å². The largest absolute Gasteiger partial charge is 0.347 e. The molecule has 5 heteroatoms. The van der Waals surface area contributed by atoms with Crippen molar-refractivity contribution in [2.45, 2.75) is 19.3 Å². The first kappa shape index (κ1) is 20.6. The van der Waals surface area contributed by atoms with Crippen LogP contribution in [0.4, 0.5) is 5.69 Å². The Kier molecular flexibility index (Phi) is 4.40. The van der Waals surface area contributed by atoms with Gasteiger partial charge in [0, 0.05) is 29.6 Å². The molecule has 0 spiro atoms. The smallest absolute Gasteiger partial charge is 0.322 e. The highest BCUT2D eigenvalue weighted by Gasteiger charge is 2.39. The van der Waals surface area contributed by atoms with Crippen molar-refractivity contribution >= 4 is 44.9 Å². The Labute approximate surface area is 199 Å². The number of para-hydroxylation sites is 2. The lowest BCUT2D eigenvalue weighted by molar-refractivity contribution is -0.649. The second-order valence-corrected chi connectivity index (χ2v) is 9.61. The third-order valence-electron chi connectivity index (χ3n) is 7.27. The topological polar surface area (TPSA) is 37.8 Å². The van der Waals surface area contributed by atoms with Crippen LogP contribution >= 0.6 is 0 Å². The number of hydrogen-bond acceptors (Lipinski definition) is 3. The number of benzene rings is 3. The van der Waals surface area contributed by atoms with Crippen LogP contribution in [-0.4, -0.2) is 21.6 Å². The van der Waals surface area contributed by atoms with Gasteiger partial charge < -0.3 is 4.90 Å². The molecule has 5 aromatic rings. The third kappa shape index (κ3) is 2.83. The zero-order chi connectivity index (χ0) is 23.6. The summed E-state index contributed by atoms with van der Waals surface area (Å²) >= 11 is 0. The number of anilines is 1. The number of aryl methyl sites for hydroxylation is 2. The number of nitrogens with zero attached hydrogens (tertiary/aromatic N) is 5. The highest BCUT2D eigenvalue weighted by molar-refractivity contribution is 5.99. The van der Waals surface area contributed by atoms with Crippen molar-refractivity contribution in [3.63, 3.8) is 0 Å². The maximum Gasteiger partial charge on any atom is 0.322 e. The van der Waals surface area contributed by atoms with Crippen LogP contribution in [0.1, 0.15) is 25.2 Å². The molecule has 6 rings (SSSR count). The first-order valence-corrected chi connectivity index (χ1v) is 11.6. The maximum absolute atomic E-state index is 4.86. The number of imidazole rings is 1. The Morgan fingerprint density at radius 2 is 1.59 bits per heavy atom. The van der Waals surface area contributed by atoms with Crippen molar-refractivity contribution < 1.29 is 4.57 Å². The van der Waals surface area contributed by atoms with E-state index in [1.807, 2.05) is 38.4 Å². The SMILES string of the molecule is CN1C(=CC=Cc2n(C)c3nc4ccccc4nc3[n+]2C)C(C)(C)c2ccc3ccccc3c21. The zero-order valence-corrected chi connectivity index (χ0v) is 20.2. The summed E-state index contributed by atoms with van der Waals surface area (Å²) in [6.45, 7) is 4.61. The molecule has 0 radical (unpaired) electrons. The van der Waals surface area contributed by atoms with E-state index in [2.05, 4.69) is 89.6 Å². The molecule has 5 nitrogen and oxygen atoms in total. The van der Waals surface area contributed by atoms with Crippen LogP contribution in [0.15, 0.2) is 78.5 Å². The minimum atomic E-state index is -0.0829. The van der Waals surface area contributed by atoms with Crippen LogP contribution in [-0.2, 0) is 19.5 Å². The molecule has 3 heterocycles. The zero-order valence-electron chi connectivity index (χ0n) is 20.2. The van der Waals surface area contributed by atoms with Gasteiger partial charge in [0.15, 0.2) is 5.52 Å². The summed E-state index contributed by atoms with van der Waals surface area (Å²) in [5, 5.41) is 2.57. The summed E-state index contributed by atoms with van der Waals surface area (Å²) in [6, 6.07) is 21.2. The Hall–Kier alpha value is -3.99. The summed E-state index contributed by atoms with van der Waals surface area (Å²) in [7, 11) is 6.27. The van der Waals surface area contributed by atoms with E-state index in [1.165, 1.54) is 27.7 Å². The Morgan fingerprint density at radius 1 is 0.882 bits per heavy atom. The first-order valence-electron chi connectivity index (χ1n) is 11.6. The number of allylic oxidation sites excluding steroid dienone is 3. The van der Waals surface area contributed by atoms with Gasteiger partial charge in [-0.25, -0.2) is 14.1 Å². The molecule has 0 saturated carbocycles. The van der Waals surface area contributed by atoms with Crippen LogP contribution in [0.5, 0.6) is 0 Å². The van der Waals surface area contributed by atoms with Crippen molar-refractivity contribution in [1.82, 2.24) is 14.5 Å². The van der Waals surface area contributed by atoms with Gasteiger partial charge in [-0.2, -0.15) is 0 Å². The van der Waals surface area contributed by atoms with Gasteiger partial charge in [-0.05, 0) is 29.2 Å². The van der Waals surface area contributed by atoms with Gasteiger partial charge in [-0.1, -0.05) is 73.4 Å². The van der Waals surface area contributed by atoms with Crippen molar-refractivity contribution in [3.05, 3.63) is 89.9 Å². The molecule has 0 unspecified atom stereocenters. The van der Waals surface area contributed by atoms with Gasteiger partial charge in [-0.15, -0.1) is 0 Å². The monoisotopic (exact) mass is 446 g/mol. The average molecular weight is 447 g/mol. The number of fused-ring (bicyclic) bond motifs is 5. The summed E-state index contributed by atoms with van der Waals surface area (Å²) in [5.41, 5.74) is 7.44. The first-order chi connectivity index (χ1) is 16.4. The minimum Gasteiger partial charge on any atom is -0.347 e. The standard InChI is InChI=1S/C29H28N5/c1-29(2)21-18-17-19-11-6-7-12-20(19)26(21)32(3)24(29)15-10-16-25-33(4)27-28(34(25)5)31-23-14-9-8-13-22(23)30-27/h6-18H,1-5H3/q+1. The fraction of sp³-hybridized carbons (Fsp3) is 0.207. The second kappa shape index (κ2) is 7.26. The second-order valence-electron chi connectivity index (χ2n) is 9.61. The Morgan fingerprint density at radius 3 is 2.38 bits per heavy atom. The number of hydrogen-bond donors (Lipinski definition) is 0. The van der Waals surface area contributed by atoms with E-state index in [9.17, 15) is 0 Å². The fourth-order valence-corrected chi connectivity index (χ4v) is 5.44. The van der Waals surface area contributed by atoms with E-state index in [0.29, 0.717) is 0 Å². The van der Waals surface area contributed by atoms with Gasteiger partial charge in [0.05, 0.1) is 19.8 Å². The van der Waals surface area contributed by atoms with E-state index in [1.54, 1.807) is 0 Å². The molecule has 0 aliphatic carbocycles. The minimum absolute atomic E-state index is 0.0829. The number of rotatable bonds is 2. The highest BCUT2D eigenvalue weighted by atomic mass is 15.2. The van der Waals surface area contributed by atoms with Gasteiger partial charge in [0.2, 0.25) is 5.82 Å². The van der Waals surface area contributed by atoms with E-state index in [4.69, 9.17) is 9.97 Å². The molecule has 3 aromatic carbocycles. The molecule has 168 valence electrons. The van der Waals surface area contributed by atoms with Gasteiger partial charge in [-0.3, -0.25) is 0 Å². The molecule has 0 fully saturated rings. The summed E-state index contributed by atoms with van der Waals surface area (Å²) in [6.07, 6.45) is 6.53. The van der Waals surface area contributed by atoms with E-state index >= 15 is 0 Å². The lowest BCUT2D eigenvalue weighted by Gasteiger charge is -2.23. The Bertz CT molecular complexity index is 1610. The molecular weight excluding hydrogens is 418 g/mol. The summed E-state index contributed by atoms with van der Waals surface area (Å²) < 4.78 is 4.21. The summed E-state index contributed by atoms with van der Waals surface area (Å²) in [5.74, 6) is 1.04. The van der Waals surface area contributed by atoms with Gasteiger partial charge in [0.25, 0.3) is 5.65 Å². The van der Waals surface area contributed by atoms with Crippen molar-refractivity contribution in [2.24, 2.45) is 14.1 Å². The Balaban J connectivity index is 1.43. The number of likely N-dealkylation sites (N-methyl/N-ethyl adjacent to an activating group) is 1. The van der Waals surface area contributed by atoms with E-state index in [-0.39, 0.29) is 5.41 Å². The van der Waals surface area contributed by atoms with Crippen LogP contribution in [0.3, 0.4) is 0 Å². The fourth-order valence-electron chi connectivity index (χ4n) is 5.44. The van der Waals surface area contributed by atoms with Crippen molar-refractivity contribution in [2.75, 3.05) is 11.9 Å². The summed E-state index contributed by atoms with van der Waals surface area (Å²) in [4.78, 5) is 12.1. The maximum atomic E-state index is 4.86. The normalized spacial score (nSPS) is 16.5. The van der Waals surface area contributed by atoms with Crippen LogP contribution < -0.4 is 9.47 Å². The molecule has 1 aliphatic heterocycles. The predicted molar refractivity (Wildman–Crippen MR) is 140 cm³/mol. The van der Waals surface area contributed by atoms with Crippen LogP contribution in [0.25, 0.3) is 39.2 Å². The molecule has 0 N–H and O–H groups in total. The highest BCUT2D eigenvalue weighted by Crippen LogP contribution is 2.49. The lowest BCUT2D eigenvalue weighted by atomic mass is 9.83. The van der Waals surface area contributed by atoms with Crippen molar-refractivity contribution in [3.8, 4) is 0 Å². The molecular formula is C29H28N5+.